The van der Waals surface area contributed by atoms with E-state index in [1.165, 1.54) is 5.56 Å². The fourth-order valence-corrected chi connectivity index (χ4v) is 2.40. The van der Waals surface area contributed by atoms with Crippen LogP contribution < -0.4 is 5.73 Å². The Kier molecular flexibility index (Phi) is 4.02. The number of amides is 1. The van der Waals surface area contributed by atoms with Gasteiger partial charge in [-0.2, -0.15) is 0 Å². The van der Waals surface area contributed by atoms with Gasteiger partial charge in [-0.1, -0.05) is 30.3 Å². The lowest BCUT2D eigenvalue weighted by atomic mass is 9.76. The summed E-state index contributed by atoms with van der Waals surface area (Å²) in [5.41, 5.74) is 6.80. The summed E-state index contributed by atoms with van der Waals surface area (Å²) in [5.74, 6) is 0.132. The summed E-state index contributed by atoms with van der Waals surface area (Å²) >= 11 is 0. The standard InChI is InChI=1S/C15H22N2O/c1-2-17(14(18)15(16)10-6-11-15)12-9-13-7-4-3-5-8-13/h3-5,7-8H,2,6,9-12,16H2,1H3. The molecule has 1 saturated carbocycles. The normalized spacial score (nSPS) is 17.0. The minimum absolute atomic E-state index is 0.132. The monoisotopic (exact) mass is 246 g/mol. The van der Waals surface area contributed by atoms with Gasteiger partial charge in [0, 0.05) is 13.1 Å². The maximum atomic E-state index is 12.3. The summed E-state index contributed by atoms with van der Waals surface area (Å²) in [6.07, 6.45) is 3.66. The third-order valence-electron chi connectivity index (χ3n) is 3.85. The van der Waals surface area contributed by atoms with Crippen molar-refractivity contribution in [3.63, 3.8) is 0 Å². The number of likely N-dealkylation sites (N-methyl/N-ethyl adjacent to an activating group) is 1. The van der Waals surface area contributed by atoms with Gasteiger partial charge >= 0.3 is 0 Å². The quantitative estimate of drug-likeness (QED) is 0.863. The molecule has 0 spiro atoms. The first-order valence-corrected chi connectivity index (χ1v) is 6.78. The molecular weight excluding hydrogens is 224 g/mol. The van der Waals surface area contributed by atoms with Crippen LogP contribution in [0.15, 0.2) is 30.3 Å². The molecule has 1 aromatic carbocycles. The van der Waals surface area contributed by atoms with E-state index < -0.39 is 5.54 Å². The van der Waals surface area contributed by atoms with Crippen LogP contribution in [0.2, 0.25) is 0 Å². The van der Waals surface area contributed by atoms with Crippen LogP contribution in [-0.2, 0) is 11.2 Å². The van der Waals surface area contributed by atoms with Gasteiger partial charge in [0.05, 0.1) is 5.54 Å². The largest absolute Gasteiger partial charge is 0.341 e. The average Bonchev–Trinajstić information content (AvgIpc) is 2.37. The van der Waals surface area contributed by atoms with Gasteiger partial charge in [-0.15, -0.1) is 0 Å². The van der Waals surface area contributed by atoms with Crippen molar-refractivity contribution in [1.82, 2.24) is 4.90 Å². The van der Waals surface area contributed by atoms with Crippen LogP contribution in [0.1, 0.15) is 31.7 Å². The van der Waals surface area contributed by atoms with E-state index >= 15 is 0 Å². The van der Waals surface area contributed by atoms with Gasteiger partial charge < -0.3 is 10.6 Å². The molecule has 2 N–H and O–H groups in total. The van der Waals surface area contributed by atoms with E-state index in [2.05, 4.69) is 12.1 Å². The summed E-state index contributed by atoms with van der Waals surface area (Å²) in [5, 5.41) is 0. The predicted molar refractivity (Wildman–Crippen MR) is 73.2 cm³/mol. The molecule has 3 nitrogen and oxygen atoms in total. The first-order chi connectivity index (χ1) is 8.65. The van der Waals surface area contributed by atoms with E-state index in [0.29, 0.717) is 0 Å². The van der Waals surface area contributed by atoms with Crippen molar-refractivity contribution in [1.29, 1.82) is 0 Å². The Morgan fingerprint density at radius 1 is 1.33 bits per heavy atom. The summed E-state index contributed by atoms with van der Waals surface area (Å²) in [4.78, 5) is 14.2. The Bertz CT molecular complexity index is 398. The lowest BCUT2D eigenvalue weighted by Gasteiger charge is -2.40. The molecule has 0 aliphatic heterocycles. The van der Waals surface area contributed by atoms with Crippen molar-refractivity contribution < 1.29 is 4.79 Å². The van der Waals surface area contributed by atoms with Crippen molar-refractivity contribution >= 4 is 5.91 Å². The molecular formula is C15H22N2O. The molecule has 0 heterocycles. The molecule has 18 heavy (non-hydrogen) atoms. The zero-order valence-corrected chi connectivity index (χ0v) is 11.1. The lowest BCUT2D eigenvalue weighted by molar-refractivity contribution is -0.139. The van der Waals surface area contributed by atoms with E-state index in [9.17, 15) is 4.79 Å². The molecule has 0 unspecified atom stereocenters. The number of hydrogen-bond donors (Lipinski definition) is 1. The molecule has 1 aromatic rings. The highest BCUT2D eigenvalue weighted by molar-refractivity contribution is 5.87. The van der Waals surface area contributed by atoms with E-state index in [0.717, 1.165) is 38.8 Å². The number of carbonyl (C=O) groups is 1. The maximum Gasteiger partial charge on any atom is 0.242 e. The molecule has 3 heteroatoms. The molecule has 1 amide bonds. The molecule has 1 aliphatic carbocycles. The van der Waals surface area contributed by atoms with Gasteiger partial charge in [-0.25, -0.2) is 0 Å². The fraction of sp³-hybridized carbons (Fsp3) is 0.533. The highest BCUT2D eigenvalue weighted by Crippen LogP contribution is 2.30. The second-order valence-corrected chi connectivity index (χ2v) is 5.13. The van der Waals surface area contributed by atoms with Crippen molar-refractivity contribution in [2.75, 3.05) is 13.1 Å². The van der Waals surface area contributed by atoms with Crippen LogP contribution in [0.3, 0.4) is 0 Å². The Morgan fingerprint density at radius 2 is 2.00 bits per heavy atom. The predicted octanol–water partition coefficient (Wildman–Crippen LogP) is 1.96. The van der Waals surface area contributed by atoms with Gasteiger partial charge in [-0.3, -0.25) is 4.79 Å². The second kappa shape index (κ2) is 5.53. The van der Waals surface area contributed by atoms with Crippen LogP contribution in [0, 0.1) is 0 Å². The molecule has 1 aliphatic rings. The van der Waals surface area contributed by atoms with Gasteiger partial charge in [0.1, 0.15) is 0 Å². The van der Waals surface area contributed by atoms with E-state index in [1.807, 2.05) is 30.0 Å². The lowest BCUT2D eigenvalue weighted by Crippen LogP contribution is -2.59. The van der Waals surface area contributed by atoms with Crippen LogP contribution in [0.25, 0.3) is 0 Å². The summed E-state index contributed by atoms with van der Waals surface area (Å²) in [6, 6.07) is 10.3. The number of rotatable bonds is 5. The molecule has 0 bridgehead atoms. The maximum absolute atomic E-state index is 12.3. The van der Waals surface area contributed by atoms with Gasteiger partial charge in [0.2, 0.25) is 5.91 Å². The van der Waals surface area contributed by atoms with Crippen molar-refractivity contribution in [2.24, 2.45) is 5.73 Å². The second-order valence-electron chi connectivity index (χ2n) is 5.13. The number of hydrogen-bond acceptors (Lipinski definition) is 2. The summed E-state index contributed by atoms with van der Waals surface area (Å²) < 4.78 is 0. The smallest absolute Gasteiger partial charge is 0.242 e. The van der Waals surface area contributed by atoms with E-state index in [4.69, 9.17) is 5.73 Å². The van der Waals surface area contributed by atoms with Crippen LogP contribution >= 0.6 is 0 Å². The number of nitrogens with zero attached hydrogens (tertiary/aromatic N) is 1. The number of benzene rings is 1. The zero-order valence-electron chi connectivity index (χ0n) is 11.1. The highest BCUT2D eigenvalue weighted by Gasteiger charge is 2.42. The topological polar surface area (TPSA) is 46.3 Å². The Balaban J connectivity index is 1.91. The van der Waals surface area contributed by atoms with Crippen LogP contribution in [0.4, 0.5) is 0 Å². The fourth-order valence-electron chi connectivity index (χ4n) is 2.40. The minimum atomic E-state index is -0.563. The third-order valence-corrected chi connectivity index (χ3v) is 3.85. The molecule has 0 aromatic heterocycles. The molecule has 0 atom stereocenters. The Labute approximate surface area is 109 Å². The average molecular weight is 246 g/mol. The Hall–Kier alpha value is -1.35. The van der Waals surface area contributed by atoms with Gasteiger partial charge in [0.15, 0.2) is 0 Å². The number of carbonyl (C=O) groups excluding carboxylic acids is 1. The van der Waals surface area contributed by atoms with Crippen molar-refractivity contribution in [3.05, 3.63) is 35.9 Å². The Morgan fingerprint density at radius 3 is 2.50 bits per heavy atom. The van der Waals surface area contributed by atoms with Crippen molar-refractivity contribution in [3.8, 4) is 0 Å². The van der Waals surface area contributed by atoms with Gasteiger partial charge in [-0.05, 0) is 38.2 Å². The highest BCUT2D eigenvalue weighted by atomic mass is 16.2. The van der Waals surface area contributed by atoms with E-state index in [1.54, 1.807) is 0 Å². The molecule has 1 fully saturated rings. The molecule has 0 radical (unpaired) electrons. The first kappa shape index (κ1) is 13.1. The van der Waals surface area contributed by atoms with Crippen LogP contribution in [-0.4, -0.2) is 29.4 Å². The molecule has 98 valence electrons. The summed E-state index contributed by atoms with van der Waals surface area (Å²) in [7, 11) is 0. The molecule has 0 saturated heterocycles. The SMILES string of the molecule is CCN(CCc1ccccc1)C(=O)C1(N)CCC1. The minimum Gasteiger partial charge on any atom is -0.341 e. The zero-order chi connectivity index (χ0) is 13.0. The third kappa shape index (κ3) is 2.72. The van der Waals surface area contributed by atoms with Gasteiger partial charge in [0.25, 0.3) is 0 Å². The number of nitrogens with two attached hydrogens (primary N) is 1. The van der Waals surface area contributed by atoms with Crippen LogP contribution in [0.5, 0.6) is 0 Å². The molecule has 2 rings (SSSR count). The van der Waals surface area contributed by atoms with Crippen molar-refractivity contribution in [2.45, 2.75) is 38.1 Å². The summed E-state index contributed by atoms with van der Waals surface area (Å²) in [6.45, 7) is 3.52. The van der Waals surface area contributed by atoms with E-state index in [-0.39, 0.29) is 5.91 Å². The first-order valence-electron chi connectivity index (χ1n) is 6.78.